The Morgan fingerprint density at radius 3 is 2.48 bits per heavy atom. The molecular weight excluding hydrogens is 347 g/mol. The van der Waals surface area contributed by atoms with E-state index in [9.17, 15) is 14.0 Å². The standard InChI is InChI=1S/C21H19FN2O3/c1-23(2)11-12-24-18(13-7-9-14(22)10-8-13)17-19(25)15-5-3-4-6-16(15)27-20(17)21(24)26/h3-10,18H,11-12H2,1-2H3/p+1/t18-/m0/s1. The molecule has 1 N–H and O–H groups in total. The van der Waals surface area contributed by atoms with E-state index in [4.69, 9.17) is 4.42 Å². The van der Waals surface area contributed by atoms with Gasteiger partial charge in [0, 0.05) is 0 Å². The van der Waals surface area contributed by atoms with E-state index in [1.807, 2.05) is 14.1 Å². The van der Waals surface area contributed by atoms with Gasteiger partial charge in [-0.15, -0.1) is 0 Å². The van der Waals surface area contributed by atoms with Gasteiger partial charge in [-0.25, -0.2) is 4.39 Å². The number of likely N-dealkylation sites (N-methyl/N-ethyl adjacent to an activating group) is 1. The minimum atomic E-state index is -0.576. The fourth-order valence-corrected chi connectivity index (χ4v) is 3.53. The van der Waals surface area contributed by atoms with E-state index in [0.717, 1.165) is 0 Å². The molecule has 0 fully saturated rings. The number of carbonyl (C=O) groups is 1. The molecule has 4 rings (SSSR count). The lowest BCUT2D eigenvalue weighted by molar-refractivity contribution is -0.857. The van der Waals surface area contributed by atoms with Crippen LogP contribution in [0.25, 0.3) is 11.0 Å². The minimum absolute atomic E-state index is 0.0850. The maximum atomic E-state index is 13.4. The van der Waals surface area contributed by atoms with Crippen molar-refractivity contribution in [2.75, 3.05) is 27.2 Å². The lowest BCUT2D eigenvalue weighted by atomic mass is 9.98. The van der Waals surface area contributed by atoms with E-state index < -0.39 is 6.04 Å². The predicted molar refractivity (Wildman–Crippen MR) is 99.4 cm³/mol. The summed E-state index contributed by atoms with van der Waals surface area (Å²) < 4.78 is 19.3. The molecule has 0 saturated carbocycles. The van der Waals surface area contributed by atoms with Crippen molar-refractivity contribution in [3.63, 3.8) is 0 Å². The van der Waals surface area contributed by atoms with Gasteiger partial charge in [-0.2, -0.15) is 0 Å². The molecule has 0 saturated heterocycles. The molecule has 5 nitrogen and oxygen atoms in total. The Morgan fingerprint density at radius 1 is 1.07 bits per heavy atom. The van der Waals surface area contributed by atoms with Crippen molar-refractivity contribution in [2.45, 2.75) is 6.04 Å². The number of nitrogens with zero attached hydrogens (tertiary/aromatic N) is 1. The van der Waals surface area contributed by atoms with Crippen LogP contribution < -0.4 is 10.3 Å². The number of amides is 1. The van der Waals surface area contributed by atoms with E-state index in [1.165, 1.54) is 17.0 Å². The second-order valence-electron chi connectivity index (χ2n) is 7.08. The van der Waals surface area contributed by atoms with Gasteiger partial charge in [-0.1, -0.05) is 24.3 Å². The molecular formula is C21H20FN2O3+. The quantitative estimate of drug-likeness (QED) is 0.763. The van der Waals surface area contributed by atoms with E-state index in [2.05, 4.69) is 0 Å². The summed E-state index contributed by atoms with van der Waals surface area (Å²) in [5.74, 6) is -0.580. The molecule has 0 spiro atoms. The van der Waals surface area contributed by atoms with Gasteiger partial charge < -0.3 is 14.2 Å². The topological polar surface area (TPSA) is 55.0 Å². The molecule has 1 amide bonds. The van der Waals surface area contributed by atoms with Gasteiger partial charge in [0.2, 0.25) is 5.76 Å². The number of para-hydroxylation sites is 1. The number of fused-ring (bicyclic) bond motifs is 2. The summed E-state index contributed by atoms with van der Waals surface area (Å²) in [6.07, 6.45) is 0. The van der Waals surface area contributed by atoms with Crippen molar-refractivity contribution in [3.05, 3.63) is 81.5 Å². The van der Waals surface area contributed by atoms with E-state index in [0.29, 0.717) is 35.2 Å². The number of carbonyl (C=O) groups excluding carboxylic acids is 1. The highest BCUT2D eigenvalue weighted by atomic mass is 19.1. The van der Waals surface area contributed by atoms with Crippen molar-refractivity contribution in [1.29, 1.82) is 0 Å². The fourth-order valence-electron chi connectivity index (χ4n) is 3.53. The maximum Gasteiger partial charge on any atom is 0.291 e. The fraction of sp³-hybridized carbons (Fsp3) is 0.238. The lowest BCUT2D eigenvalue weighted by Crippen LogP contribution is -3.06. The molecule has 0 aliphatic carbocycles. The molecule has 2 aromatic carbocycles. The summed E-state index contributed by atoms with van der Waals surface area (Å²) in [6, 6.07) is 12.3. The summed E-state index contributed by atoms with van der Waals surface area (Å²) in [5.41, 5.74) is 1.21. The molecule has 6 heteroatoms. The van der Waals surface area contributed by atoms with Crippen LogP contribution in [0.1, 0.15) is 27.7 Å². The van der Waals surface area contributed by atoms with E-state index in [-0.39, 0.29) is 22.9 Å². The van der Waals surface area contributed by atoms with Gasteiger partial charge >= 0.3 is 0 Å². The summed E-state index contributed by atoms with van der Waals surface area (Å²) in [5, 5.41) is 0.441. The zero-order valence-corrected chi connectivity index (χ0v) is 15.2. The first kappa shape index (κ1) is 17.4. The third kappa shape index (κ3) is 2.92. The van der Waals surface area contributed by atoms with Crippen LogP contribution in [0.2, 0.25) is 0 Å². The molecule has 0 radical (unpaired) electrons. The Hall–Kier alpha value is -2.99. The van der Waals surface area contributed by atoms with Crippen LogP contribution >= 0.6 is 0 Å². The number of quaternary nitrogens is 1. The van der Waals surface area contributed by atoms with Crippen LogP contribution in [0.5, 0.6) is 0 Å². The summed E-state index contributed by atoms with van der Waals surface area (Å²) in [6.45, 7) is 1.17. The Balaban J connectivity index is 1.93. The molecule has 138 valence electrons. The van der Waals surface area contributed by atoms with Crippen LogP contribution in [0.4, 0.5) is 4.39 Å². The van der Waals surface area contributed by atoms with Gasteiger partial charge in [-0.3, -0.25) is 9.59 Å². The number of benzene rings is 2. The van der Waals surface area contributed by atoms with Crippen LogP contribution in [0.15, 0.2) is 57.7 Å². The van der Waals surface area contributed by atoms with Crippen LogP contribution in [-0.4, -0.2) is 38.0 Å². The van der Waals surface area contributed by atoms with Crippen LogP contribution in [0.3, 0.4) is 0 Å². The van der Waals surface area contributed by atoms with Crippen molar-refractivity contribution in [2.24, 2.45) is 0 Å². The van der Waals surface area contributed by atoms with Gasteiger partial charge in [0.15, 0.2) is 5.43 Å². The Labute approximate surface area is 155 Å². The van der Waals surface area contributed by atoms with Crippen molar-refractivity contribution in [1.82, 2.24) is 4.90 Å². The zero-order chi connectivity index (χ0) is 19.1. The normalized spacial score (nSPS) is 16.4. The Bertz CT molecular complexity index is 1070. The van der Waals surface area contributed by atoms with Gasteiger partial charge in [-0.05, 0) is 29.8 Å². The first-order valence-corrected chi connectivity index (χ1v) is 8.88. The third-order valence-corrected chi connectivity index (χ3v) is 4.91. The predicted octanol–water partition coefficient (Wildman–Crippen LogP) is 1.62. The zero-order valence-electron chi connectivity index (χ0n) is 15.2. The highest BCUT2D eigenvalue weighted by molar-refractivity contribution is 5.99. The molecule has 1 aromatic heterocycles. The van der Waals surface area contributed by atoms with Crippen LogP contribution in [-0.2, 0) is 0 Å². The van der Waals surface area contributed by atoms with E-state index in [1.54, 1.807) is 41.3 Å². The van der Waals surface area contributed by atoms with Gasteiger partial charge in [0.25, 0.3) is 5.91 Å². The van der Waals surface area contributed by atoms with Crippen molar-refractivity contribution in [3.8, 4) is 0 Å². The number of hydrogen-bond donors (Lipinski definition) is 1. The molecule has 0 unspecified atom stereocenters. The number of nitrogens with one attached hydrogen (secondary N) is 1. The average Bonchev–Trinajstić information content (AvgIpc) is 2.93. The highest BCUT2D eigenvalue weighted by Gasteiger charge is 2.42. The molecule has 0 bridgehead atoms. The Kier molecular flexibility index (Phi) is 4.28. The maximum absolute atomic E-state index is 13.4. The lowest BCUT2D eigenvalue weighted by Gasteiger charge is -2.25. The molecule has 3 aromatic rings. The molecule has 1 aliphatic heterocycles. The summed E-state index contributed by atoms with van der Waals surface area (Å²) >= 11 is 0. The number of rotatable bonds is 4. The summed E-state index contributed by atoms with van der Waals surface area (Å²) in [7, 11) is 4.00. The summed E-state index contributed by atoms with van der Waals surface area (Å²) in [4.78, 5) is 29.1. The van der Waals surface area contributed by atoms with Crippen molar-refractivity contribution >= 4 is 16.9 Å². The molecule has 1 aliphatic rings. The van der Waals surface area contributed by atoms with E-state index >= 15 is 0 Å². The molecule has 1 atom stereocenters. The largest absolute Gasteiger partial charge is 0.450 e. The molecule has 2 heterocycles. The number of hydrogen-bond acceptors (Lipinski definition) is 3. The average molecular weight is 367 g/mol. The minimum Gasteiger partial charge on any atom is -0.450 e. The SMILES string of the molecule is C[NH+](C)CCN1C(=O)c2oc3ccccc3c(=O)c2[C@@H]1c1ccc(F)cc1. The second kappa shape index (κ2) is 6.63. The Morgan fingerprint density at radius 2 is 1.78 bits per heavy atom. The monoisotopic (exact) mass is 367 g/mol. The van der Waals surface area contributed by atoms with Crippen molar-refractivity contribution < 1.29 is 18.5 Å². The van der Waals surface area contributed by atoms with Gasteiger partial charge in [0.1, 0.15) is 11.4 Å². The van der Waals surface area contributed by atoms with Crippen LogP contribution in [0, 0.1) is 5.82 Å². The highest BCUT2D eigenvalue weighted by Crippen LogP contribution is 2.37. The first-order valence-electron chi connectivity index (χ1n) is 8.88. The molecule has 27 heavy (non-hydrogen) atoms. The third-order valence-electron chi connectivity index (χ3n) is 4.91. The smallest absolute Gasteiger partial charge is 0.291 e. The van der Waals surface area contributed by atoms with Gasteiger partial charge in [0.05, 0.1) is 44.2 Å². The first-order chi connectivity index (χ1) is 13.0. The second-order valence-corrected chi connectivity index (χ2v) is 7.08. The number of halogens is 1.